The van der Waals surface area contributed by atoms with Crippen LogP contribution in [0.15, 0.2) is 83.8 Å². The number of nitrogens with one attached hydrogen (secondary N) is 2. The van der Waals surface area contributed by atoms with Crippen molar-refractivity contribution in [2.45, 2.75) is 11.8 Å². The van der Waals surface area contributed by atoms with E-state index in [1.807, 2.05) is 18.2 Å². The molecule has 0 unspecified atom stereocenters. The van der Waals surface area contributed by atoms with Gasteiger partial charge in [-0.1, -0.05) is 30.3 Å². The second kappa shape index (κ2) is 7.92. The molecule has 0 fully saturated rings. The van der Waals surface area contributed by atoms with Crippen molar-refractivity contribution in [3.63, 3.8) is 0 Å². The van der Waals surface area contributed by atoms with Gasteiger partial charge in [0.2, 0.25) is 0 Å². The Morgan fingerprint density at radius 1 is 0.815 bits per heavy atom. The molecule has 0 aliphatic rings. The summed E-state index contributed by atoms with van der Waals surface area (Å²) in [7, 11) is -3.91. The van der Waals surface area contributed by atoms with Gasteiger partial charge in [-0.15, -0.1) is 0 Å². The van der Waals surface area contributed by atoms with Gasteiger partial charge >= 0.3 is 16.1 Å². The van der Waals surface area contributed by atoms with Crippen LogP contribution in [0.4, 0.5) is 16.2 Å². The summed E-state index contributed by atoms with van der Waals surface area (Å²) in [6, 6.07) is 21.2. The van der Waals surface area contributed by atoms with E-state index in [0.29, 0.717) is 11.4 Å². The number of para-hydroxylation sites is 1. The maximum atomic E-state index is 12.3. The van der Waals surface area contributed by atoms with Crippen LogP contribution in [0.25, 0.3) is 0 Å². The number of urea groups is 1. The largest absolute Gasteiger partial charge is 0.379 e. The van der Waals surface area contributed by atoms with Gasteiger partial charge in [0.25, 0.3) is 0 Å². The van der Waals surface area contributed by atoms with E-state index >= 15 is 0 Å². The molecular formula is C20H18N2O4S. The highest BCUT2D eigenvalue weighted by Crippen LogP contribution is 2.21. The Balaban J connectivity index is 1.64. The van der Waals surface area contributed by atoms with Crippen molar-refractivity contribution in [2.24, 2.45) is 0 Å². The SMILES string of the molecule is Cc1cccc(S(=O)(=O)Oc2ccc(NC(=O)Nc3ccccc3)cc2)c1. The number of aryl methyl sites for hydroxylation is 1. The van der Waals surface area contributed by atoms with Crippen molar-refractivity contribution in [2.75, 3.05) is 10.6 Å². The molecule has 138 valence electrons. The van der Waals surface area contributed by atoms with Crippen LogP contribution < -0.4 is 14.8 Å². The van der Waals surface area contributed by atoms with E-state index in [-0.39, 0.29) is 10.6 Å². The minimum Gasteiger partial charge on any atom is -0.379 e. The van der Waals surface area contributed by atoms with Gasteiger partial charge in [-0.05, 0) is 61.0 Å². The zero-order chi connectivity index (χ0) is 19.3. The fraction of sp³-hybridized carbons (Fsp3) is 0.0500. The zero-order valence-corrected chi connectivity index (χ0v) is 15.4. The number of benzene rings is 3. The average Bonchev–Trinajstić information content (AvgIpc) is 2.64. The van der Waals surface area contributed by atoms with Gasteiger partial charge in [-0.25, -0.2) is 4.79 Å². The standard InChI is InChI=1S/C20H18N2O4S/c1-15-6-5-9-19(14-15)27(24,25)26-18-12-10-17(11-13-18)22-20(23)21-16-7-3-2-4-8-16/h2-14H,1H3,(H2,21,22,23). The Bertz CT molecular complexity index is 1030. The van der Waals surface area contributed by atoms with E-state index < -0.39 is 16.1 Å². The summed E-state index contributed by atoms with van der Waals surface area (Å²) >= 11 is 0. The first-order valence-corrected chi connectivity index (χ1v) is 9.57. The van der Waals surface area contributed by atoms with E-state index in [2.05, 4.69) is 10.6 Å². The summed E-state index contributed by atoms with van der Waals surface area (Å²) in [5, 5.41) is 5.36. The molecule has 2 N–H and O–H groups in total. The molecule has 0 aliphatic heterocycles. The van der Waals surface area contributed by atoms with Crippen LogP contribution in [-0.2, 0) is 10.1 Å². The van der Waals surface area contributed by atoms with E-state index in [4.69, 9.17) is 4.18 Å². The maximum Gasteiger partial charge on any atom is 0.339 e. The Labute approximate surface area is 157 Å². The highest BCUT2D eigenvalue weighted by Gasteiger charge is 2.16. The summed E-state index contributed by atoms with van der Waals surface area (Å²) in [5.74, 6) is 0.158. The Kier molecular flexibility index (Phi) is 5.42. The lowest BCUT2D eigenvalue weighted by Gasteiger charge is -2.10. The number of anilines is 2. The van der Waals surface area contributed by atoms with Crippen molar-refractivity contribution < 1.29 is 17.4 Å². The van der Waals surface area contributed by atoms with Crippen molar-refractivity contribution in [1.29, 1.82) is 0 Å². The lowest BCUT2D eigenvalue weighted by atomic mass is 10.2. The first-order chi connectivity index (χ1) is 12.9. The average molecular weight is 382 g/mol. The predicted octanol–water partition coefficient (Wildman–Crippen LogP) is 4.41. The smallest absolute Gasteiger partial charge is 0.339 e. The molecule has 0 atom stereocenters. The molecule has 27 heavy (non-hydrogen) atoms. The molecule has 0 saturated heterocycles. The highest BCUT2D eigenvalue weighted by molar-refractivity contribution is 7.87. The third-order valence-corrected chi connectivity index (χ3v) is 4.87. The van der Waals surface area contributed by atoms with Crippen LogP contribution in [0.1, 0.15) is 5.56 Å². The number of carbonyl (C=O) groups excluding carboxylic acids is 1. The molecule has 6 nitrogen and oxygen atoms in total. The molecule has 0 aliphatic carbocycles. The quantitative estimate of drug-likeness (QED) is 0.640. The van der Waals surface area contributed by atoms with Crippen molar-refractivity contribution in [1.82, 2.24) is 0 Å². The first kappa shape index (κ1) is 18.5. The number of rotatable bonds is 5. The third kappa shape index (κ3) is 5.08. The number of hydrogen-bond acceptors (Lipinski definition) is 4. The molecule has 0 saturated carbocycles. The predicted molar refractivity (Wildman–Crippen MR) is 105 cm³/mol. The van der Waals surface area contributed by atoms with E-state index in [1.54, 1.807) is 49.4 Å². The number of amides is 2. The third-order valence-electron chi connectivity index (χ3n) is 3.63. The van der Waals surface area contributed by atoms with Crippen LogP contribution in [0, 0.1) is 6.92 Å². The molecule has 3 aromatic carbocycles. The van der Waals surface area contributed by atoms with Crippen LogP contribution in [0.5, 0.6) is 5.75 Å². The van der Waals surface area contributed by atoms with Crippen LogP contribution in [-0.4, -0.2) is 14.4 Å². The highest BCUT2D eigenvalue weighted by atomic mass is 32.2. The summed E-state index contributed by atoms with van der Waals surface area (Å²) in [4.78, 5) is 12.1. The molecule has 0 bridgehead atoms. The molecule has 3 rings (SSSR count). The Morgan fingerprint density at radius 2 is 1.44 bits per heavy atom. The summed E-state index contributed by atoms with van der Waals surface area (Å²) in [6.07, 6.45) is 0. The van der Waals surface area contributed by atoms with Gasteiger partial charge in [-0.3, -0.25) is 0 Å². The molecule has 2 amide bonds. The Hall–Kier alpha value is -3.32. The van der Waals surface area contributed by atoms with Crippen LogP contribution >= 0.6 is 0 Å². The second-order valence-corrected chi connectivity index (χ2v) is 7.37. The molecule has 0 heterocycles. The van der Waals surface area contributed by atoms with Crippen molar-refractivity contribution in [3.05, 3.63) is 84.4 Å². The molecule has 3 aromatic rings. The van der Waals surface area contributed by atoms with Gasteiger partial charge in [0.1, 0.15) is 10.6 Å². The lowest BCUT2D eigenvalue weighted by Crippen LogP contribution is -2.19. The fourth-order valence-electron chi connectivity index (χ4n) is 2.35. The van der Waals surface area contributed by atoms with Crippen LogP contribution in [0.2, 0.25) is 0 Å². The molecule has 0 spiro atoms. The van der Waals surface area contributed by atoms with Gasteiger partial charge < -0.3 is 14.8 Å². The summed E-state index contributed by atoms with van der Waals surface area (Å²) in [6.45, 7) is 1.81. The minimum atomic E-state index is -3.91. The normalized spacial score (nSPS) is 10.9. The number of carbonyl (C=O) groups is 1. The molecular weight excluding hydrogens is 364 g/mol. The van der Waals surface area contributed by atoms with Gasteiger partial charge in [0.15, 0.2) is 0 Å². The van der Waals surface area contributed by atoms with Gasteiger partial charge in [-0.2, -0.15) is 8.42 Å². The number of hydrogen-bond donors (Lipinski definition) is 2. The van der Waals surface area contributed by atoms with Crippen molar-refractivity contribution in [3.8, 4) is 5.75 Å². The summed E-state index contributed by atoms with van der Waals surface area (Å²) < 4.78 is 29.8. The van der Waals surface area contributed by atoms with Gasteiger partial charge in [0, 0.05) is 11.4 Å². The fourth-order valence-corrected chi connectivity index (χ4v) is 3.39. The van der Waals surface area contributed by atoms with Crippen LogP contribution in [0.3, 0.4) is 0 Å². The molecule has 7 heteroatoms. The Morgan fingerprint density at radius 3 is 2.07 bits per heavy atom. The van der Waals surface area contributed by atoms with Crippen molar-refractivity contribution >= 4 is 27.5 Å². The topological polar surface area (TPSA) is 84.5 Å². The molecule has 0 aromatic heterocycles. The monoisotopic (exact) mass is 382 g/mol. The zero-order valence-electron chi connectivity index (χ0n) is 14.5. The first-order valence-electron chi connectivity index (χ1n) is 8.17. The lowest BCUT2D eigenvalue weighted by molar-refractivity contribution is 0.262. The minimum absolute atomic E-state index is 0.0898. The van der Waals surface area contributed by atoms with E-state index in [9.17, 15) is 13.2 Å². The van der Waals surface area contributed by atoms with E-state index in [1.165, 1.54) is 18.2 Å². The maximum absolute atomic E-state index is 12.3. The second-order valence-electron chi connectivity index (χ2n) is 5.82. The molecule has 0 radical (unpaired) electrons. The van der Waals surface area contributed by atoms with E-state index in [0.717, 1.165) is 5.56 Å². The summed E-state index contributed by atoms with van der Waals surface area (Å²) in [5.41, 5.74) is 1.99. The van der Waals surface area contributed by atoms with Gasteiger partial charge in [0.05, 0.1) is 0 Å².